The predicted molar refractivity (Wildman–Crippen MR) is 128 cm³/mol. The van der Waals surface area contributed by atoms with Crippen molar-refractivity contribution in [3.8, 4) is 11.5 Å². The summed E-state index contributed by atoms with van der Waals surface area (Å²) in [7, 11) is 3.12. The maximum absolute atomic E-state index is 13.6. The van der Waals surface area contributed by atoms with Gasteiger partial charge in [0.2, 0.25) is 5.91 Å². The largest absolute Gasteiger partial charge is 0.493 e. The van der Waals surface area contributed by atoms with E-state index in [1.165, 1.54) is 19.3 Å². The number of nitrogens with one attached hydrogen (secondary N) is 1. The minimum Gasteiger partial charge on any atom is -0.493 e. The summed E-state index contributed by atoms with van der Waals surface area (Å²) in [5.74, 6) is 4.46. The van der Waals surface area contributed by atoms with Gasteiger partial charge in [-0.2, -0.15) is 0 Å². The number of nitrogens with zero attached hydrogens (tertiary/aromatic N) is 3. The number of H-pyrrole nitrogens is 1. The van der Waals surface area contributed by atoms with Crippen LogP contribution in [0, 0.1) is 23.2 Å². The van der Waals surface area contributed by atoms with Gasteiger partial charge in [0.1, 0.15) is 5.82 Å². The van der Waals surface area contributed by atoms with Crippen molar-refractivity contribution in [3.63, 3.8) is 0 Å². The summed E-state index contributed by atoms with van der Waals surface area (Å²) in [5.41, 5.74) is 0.339. The van der Waals surface area contributed by atoms with Crippen LogP contribution < -0.4 is 15.0 Å². The SMILES string of the molecule is COc1cc2nc(CN3CCN(C(=O)C45CC6CC(CC(C6)C4)C5)CC3)[nH]c(=O)c2cc1OC. The summed E-state index contributed by atoms with van der Waals surface area (Å²) in [6.07, 6.45) is 7.43. The molecule has 2 heterocycles. The summed E-state index contributed by atoms with van der Waals surface area (Å²) in [6, 6.07) is 3.41. The van der Waals surface area contributed by atoms with Crippen LogP contribution >= 0.6 is 0 Å². The molecule has 4 aliphatic carbocycles. The predicted octanol–water partition coefficient (Wildman–Crippen LogP) is 2.80. The molecule has 1 saturated heterocycles. The topological polar surface area (TPSA) is 87.8 Å². The van der Waals surface area contributed by atoms with E-state index in [2.05, 4.69) is 19.8 Å². The fraction of sp³-hybridized carbons (Fsp3) is 0.654. The summed E-state index contributed by atoms with van der Waals surface area (Å²) in [5, 5.41) is 0.479. The van der Waals surface area contributed by atoms with Crippen LogP contribution in [0.25, 0.3) is 10.9 Å². The maximum Gasteiger partial charge on any atom is 0.258 e. The molecule has 182 valence electrons. The van der Waals surface area contributed by atoms with Crippen LogP contribution in [-0.4, -0.2) is 66.1 Å². The molecular formula is C26H34N4O4. The molecule has 7 rings (SSSR count). The molecular weight excluding hydrogens is 432 g/mol. The lowest BCUT2D eigenvalue weighted by Gasteiger charge is -2.57. The molecule has 0 unspecified atom stereocenters. The van der Waals surface area contributed by atoms with Gasteiger partial charge < -0.3 is 19.4 Å². The Hall–Kier alpha value is -2.61. The van der Waals surface area contributed by atoms with E-state index in [0.29, 0.717) is 40.7 Å². The molecule has 1 aromatic heterocycles. The van der Waals surface area contributed by atoms with Crippen molar-refractivity contribution in [2.45, 2.75) is 45.1 Å². The molecule has 2 aromatic rings. The number of fused-ring (bicyclic) bond motifs is 1. The van der Waals surface area contributed by atoms with E-state index in [1.807, 2.05) is 0 Å². The Morgan fingerprint density at radius 1 is 1.00 bits per heavy atom. The number of carbonyl (C=O) groups is 1. The van der Waals surface area contributed by atoms with Crippen molar-refractivity contribution in [1.29, 1.82) is 0 Å². The third kappa shape index (κ3) is 3.67. The Labute approximate surface area is 199 Å². The second-order valence-corrected chi connectivity index (χ2v) is 11.0. The summed E-state index contributed by atoms with van der Waals surface area (Å²) < 4.78 is 10.7. The van der Waals surface area contributed by atoms with Crippen molar-refractivity contribution < 1.29 is 14.3 Å². The van der Waals surface area contributed by atoms with Gasteiger partial charge in [-0.05, 0) is 62.3 Å². The first-order chi connectivity index (χ1) is 16.5. The Bertz CT molecular complexity index is 1130. The highest BCUT2D eigenvalue weighted by molar-refractivity contribution is 5.83. The lowest BCUT2D eigenvalue weighted by molar-refractivity contribution is -0.159. The Morgan fingerprint density at radius 3 is 2.18 bits per heavy atom. The molecule has 1 aromatic carbocycles. The molecule has 5 fully saturated rings. The van der Waals surface area contributed by atoms with E-state index in [4.69, 9.17) is 9.47 Å². The standard InChI is InChI=1S/C26H34N4O4/c1-33-21-10-19-20(11-22(21)34-2)27-23(28-24(19)31)15-29-3-5-30(6-4-29)25(32)26-12-16-7-17(13-26)9-18(8-16)14-26/h10-11,16-18H,3-9,12-15H2,1-2H3,(H,27,28,31). The Kier molecular flexibility index (Phi) is 5.32. The molecule has 0 radical (unpaired) electrons. The van der Waals surface area contributed by atoms with Crippen molar-refractivity contribution >= 4 is 16.8 Å². The van der Waals surface area contributed by atoms with Crippen molar-refractivity contribution in [3.05, 3.63) is 28.3 Å². The van der Waals surface area contributed by atoms with Gasteiger partial charge in [-0.1, -0.05) is 0 Å². The number of piperazine rings is 1. The molecule has 1 aliphatic heterocycles. The molecule has 34 heavy (non-hydrogen) atoms. The number of aromatic amines is 1. The molecule has 5 aliphatic rings. The van der Waals surface area contributed by atoms with Gasteiger partial charge in [-0.3, -0.25) is 14.5 Å². The van der Waals surface area contributed by atoms with Crippen molar-refractivity contribution in [2.24, 2.45) is 23.2 Å². The number of benzene rings is 1. The van der Waals surface area contributed by atoms with E-state index in [9.17, 15) is 9.59 Å². The van der Waals surface area contributed by atoms with Crippen molar-refractivity contribution in [1.82, 2.24) is 19.8 Å². The Morgan fingerprint density at radius 2 is 1.59 bits per heavy atom. The number of aromatic nitrogens is 2. The lowest BCUT2D eigenvalue weighted by atomic mass is 9.49. The second kappa shape index (κ2) is 8.26. The van der Waals surface area contributed by atoms with Gasteiger partial charge >= 0.3 is 0 Å². The van der Waals surface area contributed by atoms with E-state index in [-0.39, 0.29) is 11.0 Å². The maximum atomic E-state index is 13.6. The highest BCUT2D eigenvalue weighted by Gasteiger charge is 2.55. The zero-order chi connectivity index (χ0) is 23.4. The van der Waals surface area contributed by atoms with Gasteiger partial charge in [-0.15, -0.1) is 0 Å². The molecule has 1 N–H and O–H groups in total. The summed E-state index contributed by atoms with van der Waals surface area (Å²) in [4.78, 5) is 38.3. The van der Waals surface area contributed by atoms with Crippen LogP contribution in [0.3, 0.4) is 0 Å². The molecule has 0 spiro atoms. The highest BCUT2D eigenvalue weighted by Crippen LogP contribution is 2.60. The fourth-order valence-corrected chi connectivity index (χ4v) is 7.62. The third-order valence-corrected chi connectivity index (χ3v) is 8.78. The molecule has 8 nitrogen and oxygen atoms in total. The van der Waals surface area contributed by atoms with Gasteiger partial charge in [0.25, 0.3) is 5.56 Å². The van der Waals surface area contributed by atoms with E-state index in [1.54, 1.807) is 26.4 Å². The molecule has 1 amide bonds. The van der Waals surface area contributed by atoms with E-state index >= 15 is 0 Å². The molecule has 4 bridgehead atoms. The number of methoxy groups -OCH3 is 2. The number of hydrogen-bond acceptors (Lipinski definition) is 6. The lowest BCUT2D eigenvalue weighted by Crippen LogP contribution is -2.58. The van der Waals surface area contributed by atoms with Gasteiger partial charge in [0, 0.05) is 32.2 Å². The third-order valence-electron chi connectivity index (χ3n) is 8.78. The smallest absolute Gasteiger partial charge is 0.258 e. The first kappa shape index (κ1) is 21.9. The number of amides is 1. The highest BCUT2D eigenvalue weighted by atomic mass is 16.5. The average molecular weight is 467 g/mol. The van der Waals surface area contributed by atoms with Gasteiger partial charge in [0.15, 0.2) is 11.5 Å². The summed E-state index contributed by atoms with van der Waals surface area (Å²) in [6.45, 7) is 3.66. The number of hydrogen-bond donors (Lipinski definition) is 1. The number of rotatable bonds is 5. The number of carbonyl (C=O) groups excluding carboxylic acids is 1. The fourth-order valence-electron chi connectivity index (χ4n) is 7.62. The van der Waals surface area contributed by atoms with Crippen LogP contribution in [0.5, 0.6) is 11.5 Å². The quantitative estimate of drug-likeness (QED) is 0.729. The van der Waals surface area contributed by atoms with Crippen molar-refractivity contribution in [2.75, 3.05) is 40.4 Å². The van der Waals surface area contributed by atoms with Crippen LogP contribution in [0.1, 0.15) is 44.3 Å². The van der Waals surface area contributed by atoms with E-state index < -0.39 is 0 Å². The minimum absolute atomic E-state index is 0.0673. The second-order valence-electron chi connectivity index (χ2n) is 11.0. The Balaban J connectivity index is 1.13. The zero-order valence-electron chi connectivity index (χ0n) is 20.1. The molecule has 8 heteroatoms. The summed E-state index contributed by atoms with van der Waals surface area (Å²) >= 11 is 0. The van der Waals surface area contributed by atoms with Gasteiger partial charge in [0.05, 0.1) is 37.1 Å². The first-order valence-corrected chi connectivity index (χ1v) is 12.6. The first-order valence-electron chi connectivity index (χ1n) is 12.6. The van der Waals surface area contributed by atoms with Crippen LogP contribution in [0.2, 0.25) is 0 Å². The molecule has 4 saturated carbocycles. The van der Waals surface area contributed by atoms with E-state index in [0.717, 1.165) is 63.2 Å². The minimum atomic E-state index is -0.184. The number of ether oxygens (including phenoxy) is 2. The van der Waals surface area contributed by atoms with Gasteiger partial charge in [-0.25, -0.2) is 4.98 Å². The monoisotopic (exact) mass is 466 g/mol. The average Bonchev–Trinajstić information content (AvgIpc) is 2.82. The van der Waals surface area contributed by atoms with Crippen LogP contribution in [0.4, 0.5) is 0 Å². The zero-order valence-corrected chi connectivity index (χ0v) is 20.1. The van der Waals surface area contributed by atoms with Crippen LogP contribution in [-0.2, 0) is 11.3 Å². The molecule has 0 atom stereocenters. The normalized spacial score (nSPS) is 30.6. The van der Waals surface area contributed by atoms with Crippen LogP contribution in [0.15, 0.2) is 16.9 Å².